The van der Waals surface area contributed by atoms with Crippen molar-refractivity contribution in [3.63, 3.8) is 0 Å². The third-order valence-corrected chi connectivity index (χ3v) is 4.66. The Morgan fingerprint density at radius 1 is 1.52 bits per heavy atom. The van der Waals surface area contributed by atoms with Crippen LogP contribution < -0.4 is 10.1 Å². The molecule has 3 heterocycles. The zero-order valence-corrected chi connectivity index (χ0v) is 13.0. The molecule has 3 atom stereocenters. The Hall–Kier alpha value is -1.40. The van der Waals surface area contributed by atoms with E-state index in [0.29, 0.717) is 30.1 Å². The van der Waals surface area contributed by atoms with Gasteiger partial charge in [0.1, 0.15) is 5.69 Å². The van der Waals surface area contributed by atoms with Crippen molar-refractivity contribution in [3.8, 4) is 5.75 Å². The van der Waals surface area contributed by atoms with E-state index < -0.39 is 0 Å². The lowest BCUT2D eigenvalue weighted by Crippen LogP contribution is -2.31. The molecule has 0 saturated carbocycles. The number of carbonyl (C=O) groups is 1. The van der Waals surface area contributed by atoms with E-state index in [2.05, 4.69) is 15.3 Å². The van der Waals surface area contributed by atoms with Gasteiger partial charge in [-0.25, -0.2) is 0 Å². The predicted molar refractivity (Wildman–Crippen MR) is 79.7 cm³/mol. The van der Waals surface area contributed by atoms with Crippen LogP contribution in [0, 0.1) is 5.92 Å². The number of methoxy groups -OCH3 is 1. The highest BCUT2D eigenvalue weighted by Gasteiger charge is 2.44. The number of hydrogen-bond acceptors (Lipinski definition) is 5. The molecule has 2 aliphatic heterocycles. The number of rotatable bonds is 6. The van der Waals surface area contributed by atoms with Gasteiger partial charge in [-0.3, -0.25) is 9.48 Å². The fourth-order valence-electron chi connectivity index (χ4n) is 3.52. The van der Waals surface area contributed by atoms with Crippen LogP contribution in [-0.4, -0.2) is 60.3 Å². The molecule has 6 nitrogen and oxygen atoms in total. The van der Waals surface area contributed by atoms with Gasteiger partial charge >= 0.3 is 0 Å². The molecule has 3 unspecified atom stereocenters. The van der Waals surface area contributed by atoms with Gasteiger partial charge in [-0.1, -0.05) is 0 Å². The molecule has 0 amide bonds. The number of aromatic nitrogens is 2. The van der Waals surface area contributed by atoms with Crippen LogP contribution >= 0.6 is 0 Å². The minimum atomic E-state index is 0.0763. The third kappa shape index (κ3) is 2.70. The van der Waals surface area contributed by atoms with Crippen LogP contribution in [0.3, 0.4) is 0 Å². The van der Waals surface area contributed by atoms with E-state index in [1.54, 1.807) is 18.0 Å². The Balaban J connectivity index is 1.82. The molecule has 1 aromatic heterocycles. The highest BCUT2D eigenvalue weighted by atomic mass is 16.5. The van der Waals surface area contributed by atoms with E-state index >= 15 is 0 Å². The van der Waals surface area contributed by atoms with E-state index in [-0.39, 0.29) is 11.7 Å². The Morgan fingerprint density at radius 3 is 2.90 bits per heavy atom. The van der Waals surface area contributed by atoms with Gasteiger partial charge in [0, 0.05) is 24.5 Å². The van der Waals surface area contributed by atoms with Gasteiger partial charge in [0.2, 0.25) is 0 Å². The summed E-state index contributed by atoms with van der Waals surface area (Å²) in [5.74, 6) is 0.858. The number of Topliss-reactive ketones (excluding diaryl/α,β-unsaturated/α-hetero) is 1. The van der Waals surface area contributed by atoms with Gasteiger partial charge in [0.05, 0.1) is 19.9 Å². The number of ether oxygens (including phenoxy) is 1. The molecule has 21 heavy (non-hydrogen) atoms. The average Bonchev–Trinajstić information content (AvgIpc) is 3.18. The maximum absolute atomic E-state index is 12.9. The van der Waals surface area contributed by atoms with Crippen LogP contribution in [0.15, 0.2) is 6.20 Å². The van der Waals surface area contributed by atoms with Crippen molar-refractivity contribution >= 4 is 5.78 Å². The maximum Gasteiger partial charge on any atom is 0.189 e. The van der Waals surface area contributed by atoms with Gasteiger partial charge in [-0.2, -0.15) is 5.10 Å². The second-order valence-electron chi connectivity index (χ2n) is 6.34. The van der Waals surface area contributed by atoms with E-state index in [4.69, 9.17) is 4.74 Å². The van der Waals surface area contributed by atoms with Crippen LogP contribution in [0.25, 0.3) is 0 Å². The molecule has 116 valence electrons. The Kier molecular flexibility index (Phi) is 3.99. The second-order valence-corrected chi connectivity index (χ2v) is 6.34. The van der Waals surface area contributed by atoms with Crippen molar-refractivity contribution in [2.45, 2.75) is 37.9 Å². The molecule has 2 bridgehead atoms. The zero-order valence-electron chi connectivity index (χ0n) is 13.0. The van der Waals surface area contributed by atoms with Gasteiger partial charge in [0.25, 0.3) is 0 Å². The largest absolute Gasteiger partial charge is 0.493 e. The molecule has 3 rings (SSSR count). The summed E-state index contributed by atoms with van der Waals surface area (Å²) in [5.41, 5.74) is 0.638. The predicted octanol–water partition coefficient (Wildman–Crippen LogP) is 0.777. The number of nitrogens with zero attached hydrogens (tertiary/aromatic N) is 3. The standard InChI is InChI=1S/C15H24N4O2/c1-18(2)6-7-19-14(13(21-3)9-16-19)15(20)11-8-10-4-5-12(11)17-10/h9-12,17H,4-8H2,1-3H3. The van der Waals surface area contributed by atoms with E-state index in [1.807, 2.05) is 14.1 Å². The molecule has 0 spiro atoms. The minimum Gasteiger partial charge on any atom is -0.493 e. The van der Waals surface area contributed by atoms with Crippen LogP contribution in [-0.2, 0) is 6.54 Å². The number of carbonyl (C=O) groups excluding carboxylic acids is 1. The molecule has 0 radical (unpaired) electrons. The minimum absolute atomic E-state index is 0.0763. The summed E-state index contributed by atoms with van der Waals surface area (Å²) in [6.45, 7) is 1.55. The summed E-state index contributed by atoms with van der Waals surface area (Å²) in [6.07, 6.45) is 4.91. The first-order chi connectivity index (χ1) is 10.1. The summed E-state index contributed by atoms with van der Waals surface area (Å²) >= 11 is 0. The van der Waals surface area contributed by atoms with Crippen molar-refractivity contribution in [2.24, 2.45) is 5.92 Å². The maximum atomic E-state index is 12.9. The third-order valence-electron chi connectivity index (χ3n) is 4.66. The second kappa shape index (κ2) is 5.77. The molecule has 2 saturated heterocycles. The Morgan fingerprint density at radius 2 is 2.33 bits per heavy atom. The SMILES string of the molecule is COc1cnn(CCN(C)C)c1C(=O)C1CC2CCC1N2. The molecule has 0 aromatic carbocycles. The van der Waals surface area contributed by atoms with E-state index in [9.17, 15) is 4.79 Å². The molecular formula is C15H24N4O2. The molecule has 2 aliphatic rings. The number of likely N-dealkylation sites (N-methyl/N-ethyl adjacent to an activating group) is 1. The zero-order chi connectivity index (χ0) is 15.0. The van der Waals surface area contributed by atoms with Gasteiger partial charge in [-0.15, -0.1) is 0 Å². The van der Waals surface area contributed by atoms with Gasteiger partial charge < -0.3 is 15.0 Å². The number of fused-ring (bicyclic) bond motifs is 2. The van der Waals surface area contributed by atoms with Crippen LogP contribution in [0.5, 0.6) is 5.75 Å². The highest BCUT2D eigenvalue weighted by molar-refractivity contribution is 5.99. The lowest BCUT2D eigenvalue weighted by molar-refractivity contribution is 0.0885. The number of nitrogens with one attached hydrogen (secondary N) is 1. The normalized spacial score (nSPS) is 27.5. The van der Waals surface area contributed by atoms with E-state index in [0.717, 1.165) is 19.4 Å². The van der Waals surface area contributed by atoms with Crippen LogP contribution in [0.1, 0.15) is 29.8 Å². The van der Waals surface area contributed by atoms with Gasteiger partial charge in [0.15, 0.2) is 11.5 Å². The average molecular weight is 292 g/mol. The first kappa shape index (κ1) is 14.5. The van der Waals surface area contributed by atoms with Crippen molar-refractivity contribution in [1.82, 2.24) is 20.0 Å². The molecule has 6 heteroatoms. The molecule has 1 aromatic rings. The summed E-state index contributed by atoms with van der Waals surface area (Å²) in [6, 6.07) is 0.859. The lowest BCUT2D eigenvalue weighted by atomic mass is 9.85. The first-order valence-electron chi connectivity index (χ1n) is 7.65. The van der Waals surface area contributed by atoms with Crippen LogP contribution in [0.4, 0.5) is 0 Å². The highest BCUT2D eigenvalue weighted by Crippen LogP contribution is 2.36. The fraction of sp³-hybridized carbons (Fsp3) is 0.733. The monoisotopic (exact) mass is 292 g/mol. The Labute approximate surface area is 125 Å². The first-order valence-corrected chi connectivity index (χ1v) is 7.65. The topological polar surface area (TPSA) is 59.4 Å². The summed E-state index contributed by atoms with van der Waals surface area (Å²) < 4.78 is 7.15. The number of ketones is 1. The smallest absolute Gasteiger partial charge is 0.189 e. The summed E-state index contributed by atoms with van der Waals surface area (Å²) in [5, 5.41) is 7.87. The number of hydrogen-bond donors (Lipinski definition) is 1. The summed E-state index contributed by atoms with van der Waals surface area (Å²) in [7, 11) is 5.63. The summed E-state index contributed by atoms with van der Waals surface area (Å²) in [4.78, 5) is 15.0. The van der Waals surface area contributed by atoms with Crippen molar-refractivity contribution in [1.29, 1.82) is 0 Å². The van der Waals surface area contributed by atoms with Crippen LogP contribution in [0.2, 0.25) is 0 Å². The molecule has 1 N–H and O–H groups in total. The van der Waals surface area contributed by atoms with Gasteiger partial charge in [-0.05, 0) is 33.4 Å². The van der Waals surface area contributed by atoms with Crippen molar-refractivity contribution < 1.29 is 9.53 Å². The van der Waals surface area contributed by atoms with Crippen molar-refractivity contribution in [3.05, 3.63) is 11.9 Å². The molecule has 0 aliphatic carbocycles. The fourth-order valence-corrected chi connectivity index (χ4v) is 3.52. The molecule has 2 fully saturated rings. The van der Waals surface area contributed by atoms with Crippen molar-refractivity contribution in [2.75, 3.05) is 27.7 Å². The molecular weight excluding hydrogens is 268 g/mol. The lowest BCUT2D eigenvalue weighted by Gasteiger charge is -2.20. The quantitative estimate of drug-likeness (QED) is 0.785. The van der Waals surface area contributed by atoms with E-state index in [1.165, 1.54) is 6.42 Å². The Bertz CT molecular complexity index is 526.